The Hall–Kier alpha value is -2.95. The molecule has 1 aromatic heterocycles. The first-order valence-electron chi connectivity index (χ1n) is 11.0. The Bertz CT molecular complexity index is 1270. The third-order valence-corrected chi connectivity index (χ3v) is 8.45. The zero-order valence-corrected chi connectivity index (χ0v) is 21.0. The van der Waals surface area contributed by atoms with Gasteiger partial charge in [-0.1, -0.05) is 25.1 Å². The first-order valence-corrected chi connectivity index (χ1v) is 13.3. The van der Waals surface area contributed by atoms with Crippen LogP contribution in [0.5, 0.6) is 11.5 Å². The number of methoxy groups -OCH3 is 2. The van der Waals surface area contributed by atoms with Crippen LogP contribution in [0.25, 0.3) is 11.3 Å². The van der Waals surface area contributed by atoms with E-state index in [-0.39, 0.29) is 0 Å². The van der Waals surface area contributed by atoms with E-state index in [0.29, 0.717) is 46.2 Å². The van der Waals surface area contributed by atoms with Crippen molar-refractivity contribution in [3.8, 4) is 22.8 Å². The van der Waals surface area contributed by atoms with Crippen LogP contribution in [-0.4, -0.2) is 51.2 Å². The van der Waals surface area contributed by atoms with Crippen LogP contribution in [0.1, 0.15) is 25.3 Å². The highest BCUT2D eigenvalue weighted by Gasteiger charge is 2.28. The molecule has 0 saturated carbocycles. The fourth-order valence-electron chi connectivity index (χ4n) is 3.82. The highest BCUT2D eigenvalue weighted by atomic mass is 32.2. The van der Waals surface area contributed by atoms with Crippen molar-refractivity contribution in [2.75, 3.05) is 32.7 Å². The number of hydrazone groups is 1. The number of piperidine rings is 1. The molecule has 1 aliphatic rings. The van der Waals surface area contributed by atoms with Crippen molar-refractivity contribution in [2.45, 2.75) is 24.7 Å². The molecule has 10 heteroatoms. The minimum Gasteiger partial charge on any atom is -0.493 e. The molecular weight excluding hydrogens is 472 g/mol. The summed E-state index contributed by atoms with van der Waals surface area (Å²) in [6, 6.07) is 12.5. The van der Waals surface area contributed by atoms with E-state index in [1.165, 1.54) is 11.3 Å². The van der Waals surface area contributed by atoms with E-state index in [9.17, 15) is 8.42 Å². The maximum Gasteiger partial charge on any atom is 0.243 e. The number of para-hydroxylation sites is 1. The van der Waals surface area contributed by atoms with Crippen LogP contribution in [0.2, 0.25) is 0 Å². The molecule has 0 bridgehead atoms. The second kappa shape index (κ2) is 10.5. The summed E-state index contributed by atoms with van der Waals surface area (Å²) in [4.78, 5) is 4.86. The van der Waals surface area contributed by atoms with E-state index in [1.54, 1.807) is 42.9 Å². The van der Waals surface area contributed by atoms with Crippen molar-refractivity contribution in [1.82, 2.24) is 9.29 Å². The van der Waals surface area contributed by atoms with Crippen LogP contribution in [0.15, 0.2) is 57.8 Å². The van der Waals surface area contributed by atoms with Crippen molar-refractivity contribution in [3.63, 3.8) is 0 Å². The molecular formula is C24H28N4O4S2. The predicted molar refractivity (Wildman–Crippen MR) is 135 cm³/mol. The molecule has 1 saturated heterocycles. The molecule has 8 nitrogen and oxygen atoms in total. The van der Waals surface area contributed by atoms with E-state index in [2.05, 4.69) is 22.4 Å². The van der Waals surface area contributed by atoms with Gasteiger partial charge in [-0.25, -0.2) is 13.4 Å². The Morgan fingerprint density at radius 2 is 1.91 bits per heavy atom. The standard InChI is InChI=1S/C24H28N4O4S2/c1-17-10-12-28(13-11-17)34(29,30)20-8-4-6-18(14-20)21-16-33-24(26-21)27-25-15-19-7-5-9-22(31-2)23(19)32-3/h4-9,14-17H,10-13H2,1-3H3,(H,26,27). The van der Waals surface area contributed by atoms with Crippen molar-refractivity contribution in [3.05, 3.63) is 53.4 Å². The Kier molecular flexibility index (Phi) is 7.50. The molecule has 4 rings (SSSR count). The van der Waals surface area contributed by atoms with Crippen LogP contribution in [0.4, 0.5) is 5.13 Å². The Morgan fingerprint density at radius 1 is 1.15 bits per heavy atom. The number of hydrogen-bond donors (Lipinski definition) is 1. The van der Waals surface area contributed by atoms with Crippen LogP contribution >= 0.6 is 11.3 Å². The van der Waals surface area contributed by atoms with Crippen LogP contribution in [0, 0.1) is 5.92 Å². The van der Waals surface area contributed by atoms with Gasteiger partial charge in [-0.05, 0) is 43.0 Å². The van der Waals surface area contributed by atoms with Gasteiger partial charge in [0, 0.05) is 29.6 Å². The summed E-state index contributed by atoms with van der Waals surface area (Å²) in [6.45, 7) is 3.29. The normalized spacial score (nSPS) is 15.5. The highest BCUT2D eigenvalue weighted by molar-refractivity contribution is 7.89. The maximum absolute atomic E-state index is 13.1. The number of ether oxygens (including phenoxy) is 2. The van der Waals surface area contributed by atoms with Gasteiger partial charge < -0.3 is 9.47 Å². The average molecular weight is 501 g/mol. The lowest BCUT2D eigenvalue weighted by molar-refractivity contribution is 0.288. The maximum atomic E-state index is 13.1. The molecule has 0 unspecified atom stereocenters. The summed E-state index contributed by atoms with van der Waals surface area (Å²) >= 11 is 1.39. The minimum absolute atomic E-state index is 0.296. The second-order valence-corrected chi connectivity index (χ2v) is 10.9. The average Bonchev–Trinajstić information content (AvgIpc) is 3.33. The van der Waals surface area contributed by atoms with E-state index < -0.39 is 10.0 Å². The molecule has 0 spiro atoms. The minimum atomic E-state index is -3.52. The molecule has 34 heavy (non-hydrogen) atoms. The second-order valence-electron chi connectivity index (χ2n) is 8.11. The number of aromatic nitrogens is 1. The van der Waals surface area contributed by atoms with Gasteiger partial charge in [0.2, 0.25) is 15.2 Å². The fraction of sp³-hybridized carbons (Fsp3) is 0.333. The fourth-order valence-corrected chi connectivity index (χ4v) is 6.00. The zero-order chi connectivity index (χ0) is 24.1. The Balaban J connectivity index is 1.48. The summed E-state index contributed by atoms with van der Waals surface area (Å²) in [6.07, 6.45) is 3.42. The van der Waals surface area contributed by atoms with E-state index in [4.69, 9.17) is 9.47 Å². The number of rotatable bonds is 8. The Morgan fingerprint density at radius 3 is 2.65 bits per heavy atom. The number of sulfonamides is 1. The summed E-state index contributed by atoms with van der Waals surface area (Å²) < 4.78 is 38.5. The van der Waals surface area contributed by atoms with Gasteiger partial charge in [0.15, 0.2) is 11.5 Å². The first-order chi connectivity index (χ1) is 16.4. The van der Waals surface area contributed by atoms with Gasteiger partial charge in [-0.3, -0.25) is 5.43 Å². The third-order valence-electron chi connectivity index (χ3n) is 5.81. The SMILES string of the molecule is COc1cccc(C=NNc2nc(-c3cccc(S(=O)(=O)N4CCC(C)CC4)c3)cs2)c1OC. The lowest BCUT2D eigenvalue weighted by atomic mass is 10.0. The van der Waals surface area contributed by atoms with Gasteiger partial charge >= 0.3 is 0 Å². The van der Waals surface area contributed by atoms with Crippen LogP contribution < -0.4 is 14.9 Å². The molecule has 0 aliphatic carbocycles. The molecule has 2 heterocycles. The van der Waals surface area contributed by atoms with Crippen LogP contribution in [0.3, 0.4) is 0 Å². The molecule has 3 aromatic rings. The van der Waals surface area contributed by atoms with Gasteiger partial charge in [0.05, 0.1) is 31.0 Å². The summed E-state index contributed by atoms with van der Waals surface area (Å²) in [5, 5.41) is 6.72. The lowest BCUT2D eigenvalue weighted by Crippen LogP contribution is -2.37. The molecule has 180 valence electrons. The van der Waals surface area contributed by atoms with Gasteiger partial charge in [0.25, 0.3) is 0 Å². The summed E-state index contributed by atoms with van der Waals surface area (Å²) in [5.41, 5.74) is 5.12. The molecule has 1 N–H and O–H groups in total. The monoisotopic (exact) mass is 500 g/mol. The number of thiazole rings is 1. The smallest absolute Gasteiger partial charge is 0.243 e. The lowest BCUT2D eigenvalue weighted by Gasteiger charge is -2.29. The number of nitrogens with zero attached hydrogens (tertiary/aromatic N) is 3. The number of benzene rings is 2. The molecule has 1 fully saturated rings. The zero-order valence-electron chi connectivity index (χ0n) is 19.4. The quantitative estimate of drug-likeness (QED) is 0.356. The van der Waals surface area contributed by atoms with E-state index >= 15 is 0 Å². The van der Waals surface area contributed by atoms with Gasteiger partial charge in [-0.2, -0.15) is 9.41 Å². The largest absolute Gasteiger partial charge is 0.493 e. The van der Waals surface area contributed by atoms with Gasteiger partial charge in [-0.15, -0.1) is 11.3 Å². The van der Waals surface area contributed by atoms with E-state index in [1.807, 2.05) is 29.6 Å². The molecule has 0 radical (unpaired) electrons. The van der Waals surface area contributed by atoms with Crippen molar-refractivity contribution in [1.29, 1.82) is 0 Å². The van der Waals surface area contributed by atoms with Crippen molar-refractivity contribution in [2.24, 2.45) is 11.0 Å². The van der Waals surface area contributed by atoms with Crippen molar-refractivity contribution < 1.29 is 17.9 Å². The van der Waals surface area contributed by atoms with Gasteiger partial charge in [0.1, 0.15) is 0 Å². The van der Waals surface area contributed by atoms with Crippen molar-refractivity contribution >= 4 is 32.7 Å². The number of nitrogens with one attached hydrogen (secondary N) is 1. The predicted octanol–water partition coefficient (Wildman–Crippen LogP) is 4.69. The summed E-state index contributed by atoms with van der Waals surface area (Å²) in [7, 11) is -0.355. The highest BCUT2D eigenvalue weighted by Crippen LogP contribution is 2.31. The molecule has 0 atom stereocenters. The Labute approximate surface area is 204 Å². The van der Waals surface area contributed by atoms with Crippen LogP contribution in [-0.2, 0) is 10.0 Å². The topological polar surface area (TPSA) is 93.1 Å². The third kappa shape index (κ3) is 5.24. The number of hydrogen-bond acceptors (Lipinski definition) is 8. The molecule has 1 aliphatic heterocycles. The number of anilines is 1. The summed E-state index contributed by atoms with van der Waals surface area (Å²) in [5.74, 6) is 1.78. The van der Waals surface area contributed by atoms with E-state index in [0.717, 1.165) is 24.0 Å². The molecule has 0 amide bonds. The molecule has 2 aromatic carbocycles. The first kappa shape index (κ1) is 24.2.